The first kappa shape index (κ1) is 20.2. The highest BCUT2D eigenvalue weighted by Gasteiger charge is 2.38. The Balaban J connectivity index is 2.03. The molecule has 12 heteroatoms. The normalized spacial score (nSPS) is 17.4. The summed E-state index contributed by atoms with van der Waals surface area (Å²) in [4.78, 5) is 13.6. The van der Waals surface area contributed by atoms with Crippen LogP contribution in [0.5, 0.6) is 0 Å². The molecule has 0 aliphatic carbocycles. The number of nitro groups is 1. The van der Waals surface area contributed by atoms with Crippen molar-refractivity contribution in [2.24, 2.45) is 0 Å². The van der Waals surface area contributed by atoms with Crippen LogP contribution in [0.4, 0.5) is 18.9 Å². The second-order valence-electron chi connectivity index (χ2n) is 6.04. The lowest BCUT2D eigenvalue weighted by Gasteiger charge is -2.31. The standard InChI is InChI=1S/C16H14F3N3O5S/c1-21(28(25,26)14-5-3-2-4-12(14)22(23)24)13-9-27-8-10-6-11(16(17,18)19)7-20-15(10)13/h2-7,13H,8-9H2,1H3. The minimum atomic E-state index is -4.60. The van der Waals surface area contributed by atoms with E-state index >= 15 is 0 Å². The van der Waals surface area contributed by atoms with Crippen molar-refractivity contribution in [2.45, 2.75) is 23.7 Å². The molecule has 1 aromatic carbocycles. The molecule has 0 radical (unpaired) electrons. The predicted molar refractivity (Wildman–Crippen MR) is 89.7 cm³/mol. The maximum absolute atomic E-state index is 13.0. The van der Waals surface area contributed by atoms with E-state index in [1.807, 2.05) is 0 Å². The first-order chi connectivity index (χ1) is 13.0. The fraction of sp³-hybridized carbons (Fsp3) is 0.312. The van der Waals surface area contributed by atoms with Crippen LogP contribution >= 0.6 is 0 Å². The van der Waals surface area contributed by atoms with E-state index in [0.717, 1.165) is 22.5 Å². The highest BCUT2D eigenvalue weighted by Crippen LogP contribution is 2.36. The number of rotatable bonds is 4. The Morgan fingerprint density at radius 3 is 2.64 bits per heavy atom. The number of para-hydroxylation sites is 1. The van der Waals surface area contributed by atoms with E-state index in [1.54, 1.807) is 0 Å². The molecule has 28 heavy (non-hydrogen) atoms. The van der Waals surface area contributed by atoms with E-state index in [4.69, 9.17) is 4.74 Å². The van der Waals surface area contributed by atoms with Gasteiger partial charge in [0.1, 0.15) is 0 Å². The molecular formula is C16H14F3N3O5S. The minimum absolute atomic E-state index is 0.107. The van der Waals surface area contributed by atoms with Crippen LogP contribution in [0.3, 0.4) is 0 Å². The zero-order chi connectivity index (χ0) is 20.7. The molecule has 3 rings (SSSR count). The zero-order valence-corrected chi connectivity index (χ0v) is 15.2. The predicted octanol–water partition coefficient (Wildman–Crippen LogP) is 2.90. The van der Waals surface area contributed by atoms with Gasteiger partial charge in [-0.25, -0.2) is 8.42 Å². The lowest BCUT2D eigenvalue weighted by atomic mass is 10.0. The summed E-state index contributed by atoms with van der Waals surface area (Å²) < 4.78 is 70.7. The number of fused-ring (bicyclic) bond motifs is 1. The number of ether oxygens (including phenoxy) is 1. The second-order valence-corrected chi connectivity index (χ2v) is 8.01. The van der Waals surface area contributed by atoms with Crippen molar-refractivity contribution in [2.75, 3.05) is 13.7 Å². The molecule has 8 nitrogen and oxygen atoms in total. The molecule has 1 aliphatic rings. The van der Waals surface area contributed by atoms with Crippen LogP contribution in [-0.2, 0) is 27.5 Å². The molecule has 0 fully saturated rings. The van der Waals surface area contributed by atoms with Crippen LogP contribution in [0.15, 0.2) is 41.4 Å². The van der Waals surface area contributed by atoms with Crippen molar-refractivity contribution >= 4 is 15.7 Å². The second kappa shape index (κ2) is 7.11. The number of pyridine rings is 1. The van der Waals surface area contributed by atoms with Crippen molar-refractivity contribution in [3.05, 3.63) is 63.5 Å². The average molecular weight is 417 g/mol. The third kappa shape index (κ3) is 3.57. The summed E-state index contributed by atoms with van der Waals surface area (Å²) in [6, 6.07) is 4.65. The monoisotopic (exact) mass is 417 g/mol. The molecule has 2 aromatic rings. The average Bonchev–Trinajstić information content (AvgIpc) is 2.65. The Kier molecular flexibility index (Phi) is 5.12. The van der Waals surface area contributed by atoms with Crippen molar-refractivity contribution in [3.8, 4) is 0 Å². The van der Waals surface area contributed by atoms with Gasteiger partial charge in [-0.15, -0.1) is 0 Å². The van der Waals surface area contributed by atoms with Gasteiger partial charge in [0.2, 0.25) is 10.0 Å². The van der Waals surface area contributed by atoms with Gasteiger partial charge in [0.05, 0.1) is 35.4 Å². The van der Waals surface area contributed by atoms with Gasteiger partial charge in [0.25, 0.3) is 5.69 Å². The number of sulfonamides is 1. The lowest BCUT2D eigenvalue weighted by Crippen LogP contribution is -2.37. The van der Waals surface area contributed by atoms with Gasteiger partial charge in [-0.1, -0.05) is 12.1 Å². The summed E-state index contributed by atoms with van der Waals surface area (Å²) in [5.41, 5.74) is -1.36. The van der Waals surface area contributed by atoms with Gasteiger partial charge in [-0.05, 0) is 12.1 Å². The van der Waals surface area contributed by atoms with Gasteiger partial charge in [0, 0.05) is 24.9 Å². The molecule has 0 amide bonds. The smallest absolute Gasteiger partial charge is 0.375 e. The number of nitro benzene ring substituents is 1. The molecule has 0 spiro atoms. The van der Waals surface area contributed by atoms with Gasteiger partial charge >= 0.3 is 6.18 Å². The van der Waals surface area contributed by atoms with Crippen LogP contribution in [0.2, 0.25) is 0 Å². The SMILES string of the molecule is CN(C1COCc2cc(C(F)(F)F)cnc21)S(=O)(=O)c1ccccc1[N+](=O)[O-]. The topological polar surface area (TPSA) is 103 Å². The highest BCUT2D eigenvalue weighted by molar-refractivity contribution is 7.89. The van der Waals surface area contributed by atoms with Gasteiger partial charge in [-0.2, -0.15) is 17.5 Å². The summed E-state index contributed by atoms with van der Waals surface area (Å²) in [6.45, 7) is -0.302. The first-order valence-electron chi connectivity index (χ1n) is 7.88. The van der Waals surface area contributed by atoms with E-state index in [0.29, 0.717) is 6.20 Å². The number of alkyl halides is 3. The number of halogens is 3. The Morgan fingerprint density at radius 2 is 2.00 bits per heavy atom. The Hall–Kier alpha value is -2.57. The van der Waals surface area contributed by atoms with E-state index in [2.05, 4.69) is 4.98 Å². The number of hydrogen-bond donors (Lipinski definition) is 0. The van der Waals surface area contributed by atoms with Crippen LogP contribution in [0.25, 0.3) is 0 Å². The molecule has 0 saturated heterocycles. The van der Waals surface area contributed by atoms with Crippen molar-refractivity contribution < 1.29 is 31.2 Å². The van der Waals surface area contributed by atoms with E-state index in [1.165, 1.54) is 19.2 Å². The van der Waals surface area contributed by atoms with Crippen molar-refractivity contribution in [3.63, 3.8) is 0 Å². The van der Waals surface area contributed by atoms with Gasteiger partial charge in [-0.3, -0.25) is 15.1 Å². The number of aromatic nitrogens is 1. The van der Waals surface area contributed by atoms with E-state index in [-0.39, 0.29) is 24.5 Å². The Bertz CT molecular complexity index is 1030. The molecular weight excluding hydrogens is 403 g/mol. The summed E-state index contributed by atoms with van der Waals surface area (Å²) >= 11 is 0. The summed E-state index contributed by atoms with van der Waals surface area (Å²) in [5, 5.41) is 11.2. The zero-order valence-electron chi connectivity index (χ0n) is 14.4. The summed E-state index contributed by atoms with van der Waals surface area (Å²) in [6.07, 6.45) is -3.97. The van der Waals surface area contributed by atoms with Crippen LogP contribution in [0, 0.1) is 10.1 Å². The molecule has 1 atom stereocenters. The van der Waals surface area contributed by atoms with Crippen LogP contribution < -0.4 is 0 Å². The Labute approximate surface area is 157 Å². The molecule has 0 saturated carbocycles. The summed E-state index contributed by atoms with van der Waals surface area (Å²) in [7, 11) is -3.17. The van der Waals surface area contributed by atoms with Crippen molar-refractivity contribution in [1.82, 2.24) is 9.29 Å². The molecule has 1 aromatic heterocycles. The third-order valence-electron chi connectivity index (χ3n) is 4.34. The van der Waals surface area contributed by atoms with Crippen molar-refractivity contribution in [1.29, 1.82) is 0 Å². The number of likely N-dealkylation sites (N-methyl/N-ethyl adjacent to an activating group) is 1. The maximum atomic E-state index is 13.0. The fourth-order valence-electron chi connectivity index (χ4n) is 2.88. The third-order valence-corrected chi connectivity index (χ3v) is 6.25. The molecule has 150 valence electrons. The molecule has 2 heterocycles. The van der Waals surface area contributed by atoms with Crippen LogP contribution in [0.1, 0.15) is 22.9 Å². The molecule has 1 unspecified atom stereocenters. The molecule has 0 bridgehead atoms. The largest absolute Gasteiger partial charge is 0.417 e. The minimum Gasteiger partial charge on any atom is -0.375 e. The van der Waals surface area contributed by atoms with E-state index in [9.17, 15) is 31.7 Å². The highest BCUT2D eigenvalue weighted by atomic mass is 32.2. The first-order valence-corrected chi connectivity index (χ1v) is 9.32. The van der Waals surface area contributed by atoms with Gasteiger partial charge in [0.15, 0.2) is 4.90 Å². The Morgan fingerprint density at radius 1 is 1.32 bits per heavy atom. The molecule has 1 aliphatic heterocycles. The fourth-order valence-corrected chi connectivity index (χ4v) is 4.34. The van der Waals surface area contributed by atoms with Gasteiger partial charge < -0.3 is 4.74 Å². The van der Waals surface area contributed by atoms with Crippen LogP contribution in [-0.4, -0.2) is 36.3 Å². The molecule has 0 N–H and O–H groups in total. The summed E-state index contributed by atoms with van der Waals surface area (Å²) in [5.74, 6) is 0. The number of nitrogens with zero attached hydrogens (tertiary/aromatic N) is 3. The van der Waals surface area contributed by atoms with E-state index < -0.39 is 43.3 Å². The quantitative estimate of drug-likeness (QED) is 0.560. The maximum Gasteiger partial charge on any atom is 0.417 e. The number of benzene rings is 1. The number of hydrogen-bond acceptors (Lipinski definition) is 6. The lowest BCUT2D eigenvalue weighted by molar-refractivity contribution is -0.387.